The maximum absolute atomic E-state index is 14.3. The Morgan fingerprint density at radius 3 is 2.61 bits per heavy atom. The van der Waals surface area contributed by atoms with Crippen molar-refractivity contribution < 1.29 is 27.1 Å². The summed E-state index contributed by atoms with van der Waals surface area (Å²) in [5.74, 6) is -1.81. The van der Waals surface area contributed by atoms with E-state index in [0.29, 0.717) is 31.4 Å². The Labute approximate surface area is 185 Å². The summed E-state index contributed by atoms with van der Waals surface area (Å²) in [7, 11) is 3.16. The lowest BCUT2D eigenvalue weighted by Crippen LogP contribution is -2.50. The number of carbonyl (C=O) groups is 1. The molecule has 0 bridgehead atoms. The first kappa shape index (κ1) is 23.3. The van der Waals surface area contributed by atoms with E-state index in [0.717, 1.165) is 6.20 Å². The molecule has 0 radical (unpaired) electrons. The predicted molar refractivity (Wildman–Crippen MR) is 112 cm³/mol. The molecule has 0 unspecified atom stereocenters. The number of pyridine rings is 1. The van der Waals surface area contributed by atoms with Crippen LogP contribution in [0.4, 0.5) is 28.9 Å². The van der Waals surface area contributed by atoms with Crippen molar-refractivity contribution >= 4 is 33.2 Å². The average Bonchev–Trinajstić information content (AvgIpc) is 2.71. The zero-order valence-electron chi connectivity index (χ0n) is 17.1. The van der Waals surface area contributed by atoms with Crippen molar-refractivity contribution in [2.45, 2.75) is 19.1 Å². The van der Waals surface area contributed by atoms with Crippen LogP contribution in [0.25, 0.3) is 0 Å². The van der Waals surface area contributed by atoms with Crippen LogP contribution in [0.3, 0.4) is 0 Å². The third kappa shape index (κ3) is 5.09. The minimum Gasteiger partial charge on any atom is -0.481 e. The normalized spacial score (nSPS) is 17.5. The van der Waals surface area contributed by atoms with Crippen LogP contribution < -0.4 is 15.0 Å². The molecular formula is C20H21BrF4N4O2. The molecule has 1 saturated heterocycles. The molecule has 31 heavy (non-hydrogen) atoms. The van der Waals surface area contributed by atoms with Gasteiger partial charge in [0.15, 0.2) is 0 Å². The number of nitrogens with one attached hydrogen (secondary N) is 1. The molecule has 2 aromatic rings. The van der Waals surface area contributed by atoms with Crippen molar-refractivity contribution in [2.75, 3.05) is 44.0 Å². The molecule has 1 fully saturated rings. The standard InChI is InChI=1S/C20H21BrF4N4O2/c1-11-10-29(5-4-28(11)2)17-8-15(22)14(21)7-16(17)27-19(30)12-9-26-18(31-3)6-13(12)20(23,24)25/h6-9,11H,4-5,10H2,1-3H3,(H,27,30)/t11-/m0/s1. The summed E-state index contributed by atoms with van der Waals surface area (Å²) >= 11 is 3.08. The van der Waals surface area contributed by atoms with E-state index >= 15 is 0 Å². The van der Waals surface area contributed by atoms with Crippen LogP contribution in [0, 0.1) is 5.82 Å². The lowest BCUT2D eigenvalue weighted by molar-refractivity contribution is -0.138. The SMILES string of the molecule is COc1cc(C(F)(F)F)c(C(=O)Nc2cc(Br)c(F)cc2N2CCN(C)[C@@H](C)C2)cn1. The van der Waals surface area contributed by atoms with E-state index in [1.165, 1.54) is 19.2 Å². The van der Waals surface area contributed by atoms with Crippen LogP contribution in [0.15, 0.2) is 28.9 Å². The van der Waals surface area contributed by atoms with E-state index in [2.05, 4.69) is 31.1 Å². The van der Waals surface area contributed by atoms with Crippen LogP contribution in [-0.4, -0.2) is 55.6 Å². The van der Waals surface area contributed by atoms with Crippen LogP contribution in [-0.2, 0) is 6.18 Å². The maximum atomic E-state index is 14.3. The summed E-state index contributed by atoms with van der Waals surface area (Å²) in [5.41, 5.74) is -1.25. The summed E-state index contributed by atoms with van der Waals surface area (Å²) in [6.07, 6.45) is -3.98. The second-order valence-electron chi connectivity index (χ2n) is 7.28. The van der Waals surface area contributed by atoms with Crippen molar-refractivity contribution in [3.8, 4) is 5.88 Å². The number of amides is 1. The summed E-state index contributed by atoms with van der Waals surface area (Å²) < 4.78 is 59.6. The summed E-state index contributed by atoms with van der Waals surface area (Å²) in [6, 6.07) is 3.44. The fourth-order valence-electron chi connectivity index (χ4n) is 3.32. The summed E-state index contributed by atoms with van der Waals surface area (Å²) in [4.78, 5) is 20.6. The van der Waals surface area contributed by atoms with Gasteiger partial charge in [0.2, 0.25) is 5.88 Å². The van der Waals surface area contributed by atoms with Crippen molar-refractivity contribution in [3.63, 3.8) is 0 Å². The van der Waals surface area contributed by atoms with Gasteiger partial charge in [-0.25, -0.2) is 9.37 Å². The van der Waals surface area contributed by atoms with E-state index in [-0.39, 0.29) is 22.1 Å². The first-order chi connectivity index (χ1) is 14.5. The molecule has 1 aromatic heterocycles. The van der Waals surface area contributed by atoms with Gasteiger partial charge in [-0.2, -0.15) is 13.2 Å². The monoisotopic (exact) mass is 504 g/mol. The molecule has 1 amide bonds. The number of hydrogen-bond acceptors (Lipinski definition) is 5. The highest BCUT2D eigenvalue weighted by Gasteiger charge is 2.36. The smallest absolute Gasteiger partial charge is 0.417 e. The Balaban J connectivity index is 1.98. The number of piperazine rings is 1. The number of hydrogen-bond donors (Lipinski definition) is 1. The number of ether oxygens (including phenoxy) is 1. The Bertz CT molecular complexity index is 986. The second kappa shape index (κ2) is 8.99. The molecule has 1 N–H and O–H groups in total. The fraction of sp³-hybridized carbons (Fsp3) is 0.400. The van der Waals surface area contributed by atoms with Gasteiger partial charge in [-0.15, -0.1) is 0 Å². The lowest BCUT2D eigenvalue weighted by atomic mass is 10.1. The highest BCUT2D eigenvalue weighted by molar-refractivity contribution is 9.10. The number of likely N-dealkylation sites (N-methyl/N-ethyl adjacent to an activating group) is 1. The molecule has 11 heteroatoms. The van der Waals surface area contributed by atoms with Gasteiger partial charge in [-0.3, -0.25) is 4.79 Å². The highest BCUT2D eigenvalue weighted by atomic mass is 79.9. The molecule has 1 aliphatic rings. The number of carbonyl (C=O) groups excluding carboxylic acids is 1. The van der Waals surface area contributed by atoms with Crippen LogP contribution in [0.2, 0.25) is 0 Å². The molecule has 1 atom stereocenters. The van der Waals surface area contributed by atoms with Gasteiger partial charge in [0.1, 0.15) is 5.82 Å². The molecule has 0 aliphatic carbocycles. The molecule has 6 nitrogen and oxygen atoms in total. The van der Waals surface area contributed by atoms with Crippen LogP contribution in [0.5, 0.6) is 5.88 Å². The lowest BCUT2D eigenvalue weighted by Gasteiger charge is -2.39. The number of alkyl halides is 3. The van der Waals surface area contributed by atoms with Crippen molar-refractivity contribution in [3.05, 3.63) is 45.8 Å². The van der Waals surface area contributed by atoms with E-state index < -0.39 is 29.0 Å². The van der Waals surface area contributed by atoms with Gasteiger partial charge >= 0.3 is 6.18 Å². The summed E-state index contributed by atoms with van der Waals surface area (Å²) in [6.45, 7) is 3.87. The highest BCUT2D eigenvalue weighted by Crippen LogP contribution is 2.36. The molecule has 3 rings (SSSR count). The number of benzene rings is 1. The molecule has 168 valence electrons. The minimum atomic E-state index is -4.79. The number of rotatable bonds is 4. The van der Waals surface area contributed by atoms with Gasteiger partial charge in [-0.1, -0.05) is 0 Å². The van der Waals surface area contributed by atoms with Crippen molar-refractivity contribution in [2.24, 2.45) is 0 Å². The van der Waals surface area contributed by atoms with Gasteiger partial charge in [0.25, 0.3) is 5.91 Å². The molecular weight excluding hydrogens is 484 g/mol. The first-order valence-corrected chi connectivity index (χ1v) is 10.2. The Morgan fingerprint density at radius 1 is 1.29 bits per heavy atom. The molecule has 1 aromatic carbocycles. The van der Waals surface area contributed by atoms with Gasteiger partial charge in [-0.05, 0) is 36.0 Å². The third-order valence-electron chi connectivity index (χ3n) is 5.23. The van der Waals surface area contributed by atoms with E-state index in [9.17, 15) is 22.4 Å². The second-order valence-corrected chi connectivity index (χ2v) is 8.14. The topological polar surface area (TPSA) is 57.7 Å². The summed E-state index contributed by atoms with van der Waals surface area (Å²) in [5, 5.41) is 2.50. The fourth-order valence-corrected chi connectivity index (χ4v) is 3.66. The van der Waals surface area contributed by atoms with Crippen molar-refractivity contribution in [1.29, 1.82) is 0 Å². The zero-order valence-corrected chi connectivity index (χ0v) is 18.6. The maximum Gasteiger partial charge on any atom is 0.417 e. The number of anilines is 2. The quantitative estimate of drug-likeness (QED) is 0.625. The van der Waals surface area contributed by atoms with Crippen LogP contribution in [0.1, 0.15) is 22.8 Å². The first-order valence-electron chi connectivity index (χ1n) is 9.38. The Hall–Kier alpha value is -2.40. The van der Waals surface area contributed by atoms with Crippen LogP contribution >= 0.6 is 15.9 Å². The van der Waals surface area contributed by atoms with Gasteiger partial charge in [0, 0.05) is 44.0 Å². The van der Waals surface area contributed by atoms with Crippen molar-refractivity contribution in [1.82, 2.24) is 9.88 Å². The number of aromatic nitrogens is 1. The molecule has 1 aliphatic heterocycles. The van der Waals surface area contributed by atoms with E-state index in [1.807, 2.05) is 18.9 Å². The Kier molecular flexibility index (Phi) is 6.75. The van der Waals surface area contributed by atoms with Gasteiger partial charge in [0.05, 0.1) is 34.1 Å². The zero-order chi connectivity index (χ0) is 22.9. The average molecular weight is 505 g/mol. The van der Waals surface area contributed by atoms with E-state index in [4.69, 9.17) is 4.74 Å². The number of halogens is 5. The molecule has 0 spiro atoms. The predicted octanol–water partition coefficient (Wildman–Crippen LogP) is 4.40. The largest absolute Gasteiger partial charge is 0.481 e. The third-order valence-corrected chi connectivity index (χ3v) is 5.83. The minimum absolute atomic E-state index is 0.0811. The number of methoxy groups -OCH3 is 1. The molecule has 0 saturated carbocycles. The Morgan fingerprint density at radius 2 is 2.00 bits per heavy atom. The number of nitrogens with zero attached hydrogens (tertiary/aromatic N) is 3. The van der Waals surface area contributed by atoms with E-state index in [1.54, 1.807) is 0 Å². The van der Waals surface area contributed by atoms with Gasteiger partial charge < -0.3 is 19.9 Å². The molecule has 2 heterocycles.